The maximum absolute atomic E-state index is 8.09. The SMILES string of the molecule is CC([N-]O)C(C)[N-]O.CC([N-]O)C(C)[N-]O.CC12CO[PH+](OC1)OC2.C[CH-]C.[Co]. The predicted octanol–water partition coefficient (Wildman–Crippen LogP) is 4.84. The zero-order valence-electron chi connectivity index (χ0n) is 18.1. The van der Waals surface area contributed by atoms with Gasteiger partial charge in [0.05, 0.1) is 5.41 Å². The molecule has 0 aromatic carbocycles. The van der Waals surface area contributed by atoms with Gasteiger partial charge in [-0.05, 0) is 0 Å². The van der Waals surface area contributed by atoms with Crippen LogP contribution in [0.25, 0.3) is 21.9 Å². The van der Waals surface area contributed by atoms with Crippen LogP contribution in [-0.2, 0) is 30.4 Å². The Morgan fingerprint density at radius 3 is 1.03 bits per heavy atom. The average molecular weight is 487 g/mol. The summed E-state index contributed by atoms with van der Waals surface area (Å²) in [5.74, 6) is 0. The van der Waals surface area contributed by atoms with E-state index in [1.165, 1.54) is 0 Å². The van der Waals surface area contributed by atoms with Gasteiger partial charge in [0.2, 0.25) is 0 Å². The van der Waals surface area contributed by atoms with Gasteiger partial charge in [0.25, 0.3) is 0 Å². The molecule has 3 saturated heterocycles. The Morgan fingerprint density at radius 2 is 0.931 bits per heavy atom. The molecular weight excluding hydrogens is 450 g/mol. The number of hydrogen-bond acceptors (Lipinski definition) is 7. The molecule has 1 radical (unpaired) electrons. The second kappa shape index (κ2) is 20.4. The smallest absolute Gasteiger partial charge is 0.397 e. The van der Waals surface area contributed by atoms with E-state index in [2.05, 4.69) is 28.8 Å². The number of nitrogens with zero attached hydrogens (tertiary/aromatic N) is 4. The van der Waals surface area contributed by atoms with Crippen molar-refractivity contribution < 1.29 is 51.2 Å². The molecule has 0 aliphatic carbocycles. The van der Waals surface area contributed by atoms with E-state index < -0.39 is 8.60 Å². The third-order valence-corrected chi connectivity index (χ3v) is 4.88. The van der Waals surface area contributed by atoms with Crippen molar-refractivity contribution in [2.75, 3.05) is 19.8 Å². The van der Waals surface area contributed by atoms with Crippen molar-refractivity contribution in [3.05, 3.63) is 28.3 Å². The van der Waals surface area contributed by atoms with E-state index in [4.69, 9.17) is 34.4 Å². The summed E-state index contributed by atoms with van der Waals surface area (Å²) in [6.45, 7) is 15.2. The van der Waals surface area contributed by atoms with Gasteiger partial charge in [0.15, 0.2) is 0 Å². The van der Waals surface area contributed by atoms with Crippen molar-refractivity contribution in [3.8, 4) is 0 Å². The molecule has 0 saturated carbocycles. The van der Waals surface area contributed by atoms with E-state index in [0.29, 0.717) is 0 Å². The van der Waals surface area contributed by atoms with E-state index >= 15 is 0 Å². The molecule has 3 aliphatic rings. The van der Waals surface area contributed by atoms with E-state index in [0.717, 1.165) is 19.8 Å². The van der Waals surface area contributed by atoms with Crippen molar-refractivity contribution in [3.63, 3.8) is 0 Å². The molecule has 3 fully saturated rings. The minimum Gasteiger partial charge on any atom is -0.536 e. The third kappa shape index (κ3) is 16.8. The van der Waals surface area contributed by atoms with Gasteiger partial charge in [0, 0.05) is 16.8 Å². The van der Waals surface area contributed by atoms with E-state index in [1.54, 1.807) is 27.7 Å². The van der Waals surface area contributed by atoms with Crippen LogP contribution in [0.3, 0.4) is 0 Å². The summed E-state index contributed by atoms with van der Waals surface area (Å²) in [4.78, 5) is 0. The van der Waals surface area contributed by atoms with Gasteiger partial charge >= 0.3 is 8.60 Å². The Kier molecular flexibility index (Phi) is 24.0. The second-order valence-electron chi connectivity index (χ2n) is 6.93. The van der Waals surface area contributed by atoms with Gasteiger partial charge in [-0.25, -0.2) is 0 Å². The van der Waals surface area contributed by atoms with Crippen molar-refractivity contribution in [2.24, 2.45) is 5.41 Å². The number of rotatable bonds is 6. The molecule has 11 nitrogen and oxygen atoms in total. The molecule has 2 bridgehead atoms. The molecule has 0 aromatic heterocycles. The number of hydroxylamine groups is 4. The Balaban J connectivity index is -0.000000323. The van der Waals surface area contributed by atoms with E-state index in [1.807, 2.05) is 20.3 Å². The maximum Gasteiger partial charge on any atom is 0.397 e. The molecule has 4 atom stereocenters. The molecule has 3 heterocycles. The minimum atomic E-state index is -1.26. The summed E-state index contributed by atoms with van der Waals surface area (Å²) in [6, 6.07) is -1.28. The maximum atomic E-state index is 8.09. The first-order valence-corrected chi connectivity index (χ1v) is 10.2. The van der Waals surface area contributed by atoms with Crippen LogP contribution < -0.4 is 0 Å². The summed E-state index contributed by atoms with van der Waals surface area (Å²) >= 11 is 0. The normalized spacial score (nSPS) is 26.0. The summed E-state index contributed by atoms with van der Waals surface area (Å²) < 4.78 is 15.7. The number of hydrogen-bond donors (Lipinski definition) is 4. The van der Waals surface area contributed by atoms with Crippen LogP contribution in [0, 0.1) is 11.8 Å². The molecule has 0 amide bonds. The van der Waals surface area contributed by atoms with Crippen molar-refractivity contribution in [1.29, 1.82) is 0 Å². The predicted molar refractivity (Wildman–Crippen MR) is 108 cm³/mol. The number of fused-ring (bicyclic) bond motifs is 3. The third-order valence-electron chi connectivity index (χ3n) is 3.74. The molecule has 0 aromatic rings. The van der Waals surface area contributed by atoms with E-state index in [9.17, 15) is 0 Å². The van der Waals surface area contributed by atoms with Crippen LogP contribution in [0.2, 0.25) is 0 Å². The average Bonchev–Trinajstić information content (AvgIpc) is 2.73. The molecule has 0 spiro atoms. The fourth-order valence-corrected chi connectivity index (χ4v) is 2.98. The second-order valence-corrected chi connectivity index (χ2v) is 8.29. The summed E-state index contributed by atoms with van der Waals surface area (Å²) in [7, 11) is -1.26. The fraction of sp³-hybridized carbons (Fsp3) is 0.938. The quantitative estimate of drug-likeness (QED) is 0.236. The standard InChI is InChI=1S/C5H10O3P.2C4H10N2O2.C3H7.Co/c1-5-2-6-9(7-3-5)8-4-5;2*1-3(5-7)4(2)6-8;1-3-2;/h9H,2-4H2,1H3;2*3-4,7-8H,1-2H3;3H,1-2H3;/q+1;2*-2;-1;. The van der Waals surface area contributed by atoms with Crippen LogP contribution in [0.5, 0.6) is 0 Å². The first kappa shape index (κ1) is 34.1. The Bertz CT molecular complexity index is 313. The fourth-order valence-electron chi connectivity index (χ4n) is 1.34. The summed E-state index contributed by atoms with van der Waals surface area (Å²) in [6.07, 6.45) is 2.00. The van der Waals surface area contributed by atoms with Crippen molar-refractivity contribution in [2.45, 2.75) is 72.6 Å². The molecule has 181 valence electrons. The van der Waals surface area contributed by atoms with Crippen molar-refractivity contribution in [1.82, 2.24) is 0 Å². The molecule has 29 heavy (non-hydrogen) atoms. The zero-order chi connectivity index (χ0) is 22.2. The molecule has 4 unspecified atom stereocenters. The van der Waals surface area contributed by atoms with Gasteiger partial charge in [-0.3, -0.25) is 0 Å². The Labute approximate surface area is 186 Å². The summed E-state index contributed by atoms with van der Waals surface area (Å²) in [5.41, 5.74) is 11.8. The first-order chi connectivity index (χ1) is 13.1. The van der Waals surface area contributed by atoms with Crippen LogP contribution in [-0.4, -0.2) is 64.8 Å². The van der Waals surface area contributed by atoms with Crippen LogP contribution in [0.15, 0.2) is 0 Å². The van der Waals surface area contributed by atoms with E-state index in [-0.39, 0.29) is 46.4 Å². The van der Waals surface area contributed by atoms with Gasteiger partial charge in [-0.2, -0.15) is 27.4 Å². The minimum absolute atomic E-state index is 0. The Morgan fingerprint density at radius 1 is 0.724 bits per heavy atom. The first-order valence-electron chi connectivity index (χ1n) is 9.00. The Hall–Kier alpha value is 0.496. The topological polar surface area (TPSA) is 165 Å². The molecule has 4 N–H and O–H groups in total. The molecule has 3 rings (SSSR count). The molecular formula is C16H37CoN4O7P-4. The zero-order valence-corrected chi connectivity index (χ0v) is 20.2. The van der Waals surface area contributed by atoms with Gasteiger partial charge in [0.1, 0.15) is 19.8 Å². The van der Waals surface area contributed by atoms with Crippen LogP contribution in [0.1, 0.15) is 48.5 Å². The van der Waals surface area contributed by atoms with Crippen molar-refractivity contribution >= 4 is 8.60 Å². The molecule has 3 aliphatic heterocycles. The van der Waals surface area contributed by atoms with Gasteiger partial charge in [-0.15, -0.1) is 24.2 Å². The van der Waals surface area contributed by atoms with Gasteiger partial charge in [-0.1, -0.05) is 34.6 Å². The molecule has 13 heteroatoms. The summed E-state index contributed by atoms with van der Waals surface area (Å²) in [5, 5.41) is 32.4. The largest absolute Gasteiger partial charge is 0.536 e. The van der Waals surface area contributed by atoms with Crippen LogP contribution in [0.4, 0.5) is 0 Å². The van der Waals surface area contributed by atoms with Gasteiger partial charge < -0.3 is 49.2 Å². The van der Waals surface area contributed by atoms with Crippen LogP contribution >= 0.6 is 8.60 Å². The monoisotopic (exact) mass is 487 g/mol.